The lowest BCUT2D eigenvalue weighted by Gasteiger charge is -2.10. The van der Waals surface area contributed by atoms with Crippen molar-refractivity contribution in [2.75, 3.05) is 11.9 Å². The first-order valence-corrected chi connectivity index (χ1v) is 8.93. The van der Waals surface area contributed by atoms with Crippen LogP contribution in [0, 0.1) is 6.92 Å². The quantitative estimate of drug-likeness (QED) is 0.608. The van der Waals surface area contributed by atoms with E-state index in [-0.39, 0.29) is 12.5 Å². The van der Waals surface area contributed by atoms with Gasteiger partial charge in [0.25, 0.3) is 5.91 Å². The molecule has 0 aliphatic heterocycles. The van der Waals surface area contributed by atoms with Crippen LogP contribution in [0.2, 0.25) is 5.02 Å². The summed E-state index contributed by atoms with van der Waals surface area (Å²) in [5.74, 6) is 1.14. The third-order valence-electron chi connectivity index (χ3n) is 3.88. The highest BCUT2D eigenvalue weighted by atomic mass is 35.5. The Balaban J connectivity index is 1.47. The molecule has 0 radical (unpaired) electrons. The van der Waals surface area contributed by atoms with Crippen LogP contribution in [0.3, 0.4) is 0 Å². The Kier molecular flexibility index (Phi) is 6.34. The number of rotatable bonds is 7. The second kappa shape index (κ2) is 9.10. The number of hydrogen-bond donors (Lipinski definition) is 1. The first-order chi connectivity index (χ1) is 13.1. The molecule has 3 aromatic carbocycles. The monoisotopic (exact) mass is 381 g/mol. The third kappa shape index (κ3) is 5.76. The summed E-state index contributed by atoms with van der Waals surface area (Å²) in [5, 5.41) is 3.47. The van der Waals surface area contributed by atoms with Gasteiger partial charge in [-0.05, 0) is 49.4 Å². The maximum atomic E-state index is 12.0. The molecule has 0 unspecified atom stereocenters. The van der Waals surface area contributed by atoms with Crippen molar-refractivity contribution in [2.45, 2.75) is 13.5 Å². The van der Waals surface area contributed by atoms with E-state index in [1.807, 2.05) is 55.5 Å². The molecule has 3 rings (SSSR count). The minimum Gasteiger partial charge on any atom is -0.489 e. The lowest BCUT2D eigenvalue weighted by Crippen LogP contribution is -2.20. The molecule has 1 N–H and O–H groups in total. The van der Waals surface area contributed by atoms with Gasteiger partial charge in [-0.25, -0.2) is 0 Å². The maximum Gasteiger partial charge on any atom is 0.262 e. The number of nitrogens with one attached hydrogen (secondary N) is 1. The SMILES string of the molecule is Cc1ccc(OCC(=O)Nc2ccc(OCc3ccccc3Cl)cc2)cc1. The van der Waals surface area contributed by atoms with Gasteiger partial charge in [-0.2, -0.15) is 0 Å². The van der Waals surface area contributed by atoms with Gasteiger partial charge in [0.05, 0.1) is 0 Å². The molecule has 138 valence electrons. The van der Waals surface area contributed by atoms with Crippen molar-refractivity contribution in [1.82, 2.24) is 0 Å². The normalized spacial score (nSPS) is 10.3. The van der Waals surface area contributed by atoms with Gasteiger partial charge in [-0.1, -0.05) is 47.5 Å². The number of aryl methyl sites for hydroxylation is 1. The predicted octanol–water partition coefficient (Wildman–Crippen LogP) is 5.24. The molecule has 0 saturated heterocycles. The van der Waals surface area contributed by atoms with Gasteiger partial charge in [-0.3, -0.25) is 4.79 Å². The number of benzene rings is 3. The first-order valence-electron chi connectivity index (χ1n) is 8.56. The summed E-state index contributed by atoms with van der Waals surface area (Å²) in [6.45, 7) is 2.34. The maximum absolute atomic E-state index is 12.0. The van der Waals surface area contributed by atoms with Crippen LogP contribution in [0.15, 0.2) is 72.8 Å². The van der Waals surface area contributed by atoms with Crippen LogP contribution >= 0.6 is 11.6 Å². The standard InChI is InChI=1S/C22H20ClNO3/c1-16-6-10-19(11-7-16)27-15-22(25)24-18-8-12-20(13-9-18)26-14-17-4-2-3-5-21(17)23/h2-13H,14-15H2,1H3,(H,24,25). The molecule has 0 atom stereocenters. The molecule has 4 nitrogen and oxygen atoms in total. The summed E-state index contributed by atoms with van der Waals surface area (Å²) in [6.07, 6.45) is 0. The molecular formula is C22H20ClNO3. The van der Waals surface area contributed by atoms with E-state index in [0.29, 0.717) is 28.8 Å². The summed E-state index contributed by atoms with van der Waals surface area (Å²) in [6, 6.07) is 22.3. The molecule has 0 heterocycles. The van der Waals surface area contributed by atoms with Gasteiger partial charge in [0.1, 0.15) is 18.1 Å². The van der Waals surface area contributed by atoms with Gasteiger partial charge in [0.15, 0.2) is 6.61 Å². The van der Waals surface area contributed by atoms with Gasteiger partial charge in [0, 0.05) is 16.3 Å². The van der Waals surface area contributed by atoms with Crippen molar-refractivity contribution in [3.05, 3.63) is 88.9 Å². The number of amides is 1. The van der Waals surface area contributed by atoms with Crippen molar-refractivity contribution in [3.63, 3.8) is 0 Å². The Hall–Kier alpha value is -2.98. The Morgan fingerprint density at radius 2 is 1.52 bits per heavy atom. The molecule has 3 aromatic rings. The molecule has 0 fully saturated rings. The largest absolute Gasteiger partial charge is 0.489 e. The van der Waals surface area contributed by atoms with E-state index in [2.05, 4.69) is 5.32 Å². The Labute approximate surface area is 163 Å². The van der Waals surface area contributed by atoms with Crippen LogP contribution in [-0.4, -0.2) is 12.5 Å². The smallest absolute Gasteiger partial charge is 0.262 e. The highest BCUT2D eigenvalue weighted by Crippen LogP contribution is 2.20. The van der Waals surface area contributed by atoms with Gasteiger partial charge in [-0.15, -0.1) is 0 Å². The lowest BCUT2D eigenvalue weighted by molar-refractivity contribution is -0.118. The van der Waals surface area contributed by atoms with E-state index in [9.17, 15) is 4.79 Å². The summed E-state index contributed by atoms with van der Waals surface area (Å²) < 4.78 is 11.2. The van der Waals surface area contributed by atoms with Crippen LogP contribution in [-0.2, 0) is 11.4 Å². The number of carbonyl (C=O) groups excluding carboxylic acids is 1. The third-order valence-corrected chi connectivity index (χ3v) is 4.25. The average Bonchev–Trinajstić information content (AvgIpc) is 2.68. The fourth-order valence-electron chi connectivity index (χ4n) is 2.39. The molecule has 27 heavy (non-hydrogen) atoms. The zero-order valence-electron chi connectivity index (χ0n) is 14.9. The fourth-order valence-corrected chi connectivity index (χ4v) is 2.58. The second-order valence-corrected chi connectivity index (χ2v) is 6.46. The first kappa shape index (κ1) is 18.8. The minimum atomic E-state index is -0.222. The van der Waals surface area contributed by atoms with Crippen LogP contribution in [0.25, 0.3) is 0 Å². The molecule has 1 amide bonds. The number of ether oxygens (including phenoxy) is 2. The van der Waals surface area contributed by atoms with Crippen LogP contribution < -0.4 is 14.8 Å². The van der Waals surface area contributed by atoms with E-state index in [0.717, 1.165) is 11.1 Å². The molecule has 0 saturated carbocycles. The zero-order chi connectivity index (χ0) is 19.1. The molecule has 0 aliphatic rings. The molecule has 0 spiro atoms. The minimum absolute atomic E-state index is 0.0478. The second-order valence-electron chi connectivity index (χ2n) is 6.05. The highest BCUT2D eigenvalue weighted by molar-refractivity contribution is 6.31. The predicted molar refractivity (Wildman–Crippen MR) is 108 cm³/mol. The molecule has 0 aromatic heterocycles. The highest BCUT2D eigenvalue weighted by Gasteiger charge is 2.05. The lowest BCUT2D eigenvalue weighted by atomic mass is 10.2. The molecule has 0 aliphatic carbocycles. The van der Waals surface area contributed by atoms with Crippen molar-refractivity contribution in [3.8, 4) is 11.5 Å². The van der Waals surface area contributed by atoms with E-state index in [1.165, 1.54) is 0 Å². The van der Waals surface area contributed by atoms with Gasteiger partial charge in [0.2, 0.25) is 0 Å². The van der Waals surface area contributed by atoms with Crippen molar-refractivity contribution in [2.24, 2.45) is 0 Å². The summed E-state index contributed by atoms with van der Waals surface area (Å²) in [7, 11) is 0. The van der Waals surface area contributed by atoms with E-state index < -0.39 is 0 Å². The van der Waals surface area contributed by atoms with Crippen molar-refractivity contribution < 1.29 is 14.3 Å². The molecule has 0 bridgehead atoms. The number of halogens is 1. The van der Waals surface area contributed by atoms with Crippen LogP contribution in [0.5, 0.6) is 11.5 Å². The van der Waals surface area contributed by atoms with Crippen LogP contribution in [0.1, 0.15) is 11.1 Å². The van der Waals surface area contributed by atoms with Gasteiger partial charge < -0.3 is 14.8 Å². The van der Waals surface area contributed by atoms with Crippen LogP contribution in [0.4, 0.5) is 5.69 Å². The van der Waals surface area contributed by atoms with Crippen molar-refractivity contribution in [1.29, 1.82) is 0 Å². The Morgan fingerprint density at radius 1 is 0.889 bits per heavy atom. The zero-order valence-corrected chi connectivity index (χ0v) is 15.7. The van der Waals surface area contributed by atoms with Gasteiger partial charge >= 0.3 is 0 Å². The topological polar surface area (TPSA) is 47.6 Å². The van der Waals surface area contributed by atoms with E-state index in [4.69, 9.17) is 21.1 Å². The Morgan fingerprint density at radius 3 is 2.22 bits per heavy atom. The molecule has 5 heteroatoms. The number of hydrogen-bond acceptors (Lipinski definition) is 3. The van der Waals surface area contributed by atoms with Crippen molar-refractivity contribution >= 4 is 23.2 Å². The number of anilines is 1. The van der Waals surface area contributed by atoms with E-state index >= 15 is 0 Å². The summed E-state index contributed by atoms with van der Waals surface area (Å²) in [4.78, 5) is 12.0. The summed E-state index contributed by atoms with van der Waals surface area (Å²) in [5.41, 5.74) is 2.74. The fraction of sp³-hybridized carbons (Fsp3) is 0.136. The molecular weight excluding hydrogens is 362 g/mol. The Bertz CT molecular complexity index is 892. The van der Waals surface area contributed by atoms with E-state index in [1.54, 1.807) is 24.3 Å². The summed E-state index contributed by atoms with van der Waals surface area (Å²) >= 11 is 6.12. The number of carbonyl (C=O) groups is 1. The average molecular weight is 382 g/mol.